The van der Waals surface area contributed by atoms with Crippen LogP contribution in [0.15, 0.2) is 18.2 Å². The molecule has 2 rings (SSSR count). The summed E-state index contributed by atoms with van der Waals surface area (Å²) >= 11 is 0. The normalized spacial score (nSPS) is 18.4. The van der Waals surface area contributed by atoms with Crippen molar-refractivity contribution in [1.29, 1.82) is 0 Å². The Kier molecular flexibility index (Phi) is 5.61. The lowest BCUT2D eigenvalue weighted by atomic mass is 10.0. The van der Waals surface area contributed by atoms with Gasteiger partial charge in [0.1, 0.15) is 5.82 Å². The van der Waals surface area contributed by atoms with Gasteiger partial charge in [0.25, 0.3) is 10.2 Å². The Hall–Kier alpha value is -1.22. The molecule has 0 saturated carbocycles. The molecule has 1 aliphatic heterocycles. The van der Waals surface area contributed by atoms with Crippen molar-refractivity contribution in [2.75, 3.05) is 52.2 Å². The number of nitrogens with one attached hydrogen (secondary N) is 1. The predicted molar refractivity (Wildman–Crippen MR) is 90.3 cm³/mol. The number of likely N-dealkylation sites (N-methyl/N-ethyl adjacent to an activating group) is 1. The maximum Gasteiger partial charge on any atom is 0.279 e. The van der Waals surface area contributed by atoms with Gasteiger partial charge in [0.05, 0.1) is 0 Å². The van der Waals surface area contributed by atoms with Crippen LogP contribution in [0, 0.1) is 5.82 Å². The Bertz CT molecular complexity index is 643. The molecule has 0 radical (unpaired) electrons. The molecule has 0 amide bonds. The number of piperazine rings is 1. The third-order valence-corrected chi connectivity index (χ3v) is 5.72. The van der Waals surface area contributed by atoms with Gasteiger partial charge in [-0.1, -0.05) is 0 Å². The van der Waals surface area contributed by atoms with Gasteiger partial charge in [0, 0.05) is 52.0 Å². The van der Waals surface area contributed by atoms with Crippen LogP contribution in [-0.4, -0.2) is 64.9 Å². The van der Waals surface area contributed by atoms with Crippen LogP contribution in [0.2, 0.25) is 0 Å². The molecule has 1 heterocycles. The van der Waals surface area contributed by atoms with Crippen molar-refractivity contribution in [3.8, 4) is 0 Å². The van der Waals surface area contributed by atoms with Crippen molar-refractivity contribution in [2.24, 2.45) is 0 Å². The van der Waals surface area contributed by atoms with Crippen LogP contribution in [0.25, 0.3) is 0 Å². The van der Waals surface area contributed by atoms with Crippen molar-refractivity contribution in [3.05, 3.63) is 29.6 Å². The minimum Gasteiger partial charge on any atom is -0.369 e. The Morgan fingerprint density at radius 3 is 2.39 bits per heavy atom. The summed E-state index contributed by atoms with van der Waals surface area (Å²) < 4.78 is 41.5. The molecule has 1 saturated heterocycles. The summed E-state index contributed by atoms with van der Waals surface area (Å²) in [5, 5.41) is 0. The van der Waals surface area contributed by atoms with Gasteiger partial charge in [-0.25, -0.2) is 4.39 Å². The van der Waals surface area contributed by atoms with Gasteiger partial charge in [0.15, 0.2) is 0 Å². The van der Waals surface area contributed by atoms with Crippen molar-refractivity contribution < 1.29 is 12.8 Å². The quantitative estimate of drug-likeness (QED) is 0.867. The van der Waals surface area contributed by atoms with E-state index in [9.17, 15) is 12.8 Å². The molecule has 0 spiro atoms. The molecule has 0 aliphatic carbocycles. The van der Waals surface area contributed by atoms with Gasteiger partial charge >= 0.3 is 0 Å². The summed E-state index contributed by atoms with van der Waals surface area (Å²) in [4.78, 5) is 4.41. The van der Waals surface area contributed by atoms with Crippen LogP contribution in [-0.2, 0) is 10.2 Å². The van der Waals surface area contributed by atoms with Crippen LogP contribution in [0.4, 0.5) is 10.1 Å². The van der Waals surface area contributed by atoms with Crippen LogP contribution in [0.3, 0.4) is 0 Å². The fraction of sp³-hybridized carbons (Fsp3) is 0.600. The van der Waals surface area contributed by atoms with Crippen LogP contribution >= 0.6 is 0 Å². The predicted octanol–water partition coefficient (Wildman–Crippen LogP) is 1.03. The summed E-state index contributed by atoms with van der Waals surface area (Å²) in [6, 6.07) is 4.05. The number of halogens is 1. The minimum atomic E-state index is -3.58. The summed E-state index contributed by atoms with van der Waals surface area (Å²) in [6.45, 7) is 5.25. The zero-order valence-corrected chi connectivity index (χ0v) is 14.9. The lowest BCUT2D eigenvalue weighted by molar-refractivity contribution is 0.312. The number of rotatable bonds is 5. The number of hydrogen-bond donors (Lipinski definition) is 1. The molecule has 1 N–H and O–H groups in total. The topological polar surface area (TPSA) is 55.9 Å². The standard InChI is InChI=1S/C15H25FN4O2S/c1-12(17-23(21,22)18(2)3)14-11-13(16)5-6-15(14)20-9-7-19(4)8-10-20/h5-6,11-12,17H,7-10H2,1-4H3/t12-/m0/s1. The third kappa shape index (κ3) is 4.41. The monoisotopic (exact) mass is 344 g/mol. The third-order valence-electron chi connectivity index (χ3n) is 4.11. The van der Waals surface area contributed by atoms with Crippen molar-refractivity contribution in [1.82, 2.24) is 13.9 Å². The highest BCUT2D eigenvalue weighted by Gasteiger charge is 2.23. The Morgan fingerprint density at radius 1 is 1.22 bits per heavy atom. The van der Waals surface area contributed by atoms with Crippen LogP contribution < -0.4 is 9.62 Å². The maximum absolute atomic E-state index is 13.7. The molecule has 1 aliphatic rings. The number of nitrogens with zero attached hydrogens (tertiary/aromatic N) is 3. The van der Waals surface area contributed by atoms with Gasteiger partial charge in [-0.2, -0.15) is 17.4 Å². The van der Waals surface area contributed by atoms with Gasteiger partial charge in [-0.3, -0.25) is 0 Å². The van der Waals surface area contributed by atoms with E-state index in [0.717, 1.165) is 36.2 Å². The summed E-state index contributed by atoms with van der Waals surface area (Å²) in [5.41, 5.74) is 1.54. The van der Waals surface area contributed by atoms with Crippen molar-refractivity contribution >= 4 is 15.9 Å². The number of benzene rings is 1. The molecule has 1 atom stereocenters. The SMILES string of the molecule is C[C@H](NS(=O)(=O)N(C)C)c1cc(F)ccc1N1CCN(C)CC1. The number of anilines is 1. The highest BCUT2D eigenvalue weighted by molar-refractivity contribution is 7.87. The Morgan fingerprint density at radius 2 is 1.83 bits per heavy atom. The van der Waals surface area contributed by atoms with Gasteiger partial charge in [0.2, 0.25) is 0 Å². The first-order valence-corrected chi connectivity index (χ1v) is 9.07. The molecule has 8 heteroatoms. The Balaban J connectivity index is 2.28. The van der Waals surface area contributed by atoms with E-state index in [0.29, 0.717) is 5.56 Å². The van der Waals surface area contributed by atoms with E-state index >= 15 is 0 Å². The smallest absolute Gasteiger partial charge is 0.279 e. The number of hydrogen-bond acceptors (Lipinski definition) is 4. The van der Waals surface area contributed by atoms with E-state index in [2.05, 4.69) is 21.6 Å². The molecule has 130 valence electrons. The Labute approximate surface area is 138 Å². The highest BCUT2D eigenvalue weighted by Crippen LogP contribution is 2.28. The summed E-state index contributed by atoms with van der Waals surface area (Å²) in [5.74, 6) is -0.367. The molecule has 1 aromatic carbocycles. The first-order chi connectivity index (χ1) is 10.7. The molecule has 1 fully saturated rings. The molecule has 0 unspecified atom stereocenters. The lowest BCUT2D eigenvalue weighted by Gasteiger charge is -2.36. The van der Waals surface area contributed by atoms with E-state index in [4.69, 9.17) is 0 Å². The first-order valence-electron chi connectivity index (χ1n) is 7.63. The van der Waals surface area contributed by atoms with Gasteiger partial charge in [-0.15, -0.1) is 0 Å². The molecule has 1 aromatic rings. The molecule has 6 nitrogen and oxygen atoms in total. The van der Waals surface area contributed by atoms with E-state index < -0.39 is 16.3 Å². The van der Waals surface area contributed by atoms with E-state index in [1.54, 1.807) is 13.0 Å². The maximum atomic E-state index is 13.7. The first kappa shape index (κ1) is 18.1. The van der Waals surface area contributed by atoms with Gasteiger partial charge in [-0.05, 0) is 37.7 Å². The lowest BCUT2D eigenvalue weighted by Crippen LogP contribution is -2.45. The van der Waals surface area contributed by atoms with Crippen LogP contribution in [0.1, 0.15) is 18.5 Å². The minimum absolute atomic E-state index is 0.367. The van der Waals surface area contributed by atoms with Gasteiger partial charge < -0.3 is 9.80 Å². The summed E-state index contributed by atoms with van der Waals surface area (Å²) in [7, 11) is 1.41. The second-order valence-electron chi connectivity index (χ2n) is 6.12. The average Bonchev–Trinajstić information content (AvgIpc) is 2.47. The molecule has 23 heavy (non-hydrogen) atoms. The van der Waals surface area contributed by atoms with Crippen LogP contribution in [0.5, 0.6) is 0 Å². The fourth-order valence-corrected chi connectivity index (χ4v) is 3.38. The molecular formula is C15H25FN4O2S. The molecule has 0 aromatic heterocycles. The second kappa shape index (κ2) is 7.12. The zero-order valence-electron chi connectivity index (χ0n) is 14.1. The second-order valence-corrected chi connectivity index (χ2v) is 8.04. The van der Waals surface area contributed by atoms with Crippen molar-refractivity contribution in [3.63, 3.8) is 0 Å². The summed E-state index contributed by atoms with van der Waals surface area (Å²) in [6.07, 6.45) is 0. The zero-order chi connectivity index (χ0) is 17.2. The largest absolute Gasteiger partial charge is 0.369 e. The molecular weight excluding hydrogens is 319 g/mol. The molecule has 0 bridgehead atoms. The van der Waals surface area contributed by atoms with E-state index in [1.807, 2.05) is 0 Å². The average molecular weight is 344 g/mol. The van der Waals surface area contributed by atoms with Crippen molar-refractivity contribution in [2.45, 2.75) is 13.0 Å². The highest BCUT2D eigenvalue weighted by atomic mass is 32.2. The fourth-order valence-electron chi connectivity index (χ4n) is 2.60. The van der Waals surface area contributed by atoms with E-state index in [-0.39, 0.29) is 5.82 Å². The van der Waals surface area contributed by atoms with E-state index in [1.165, 1.54) is 26.2 Å².